The fourth-order valence-corrected chi connectivity index (χ4v) is 0.432. The maximum atomic E-state index is 2.82. The second kappa shape index (κ2) is 3.03. The summed E-state index contributed by atoms with van der Waals surface area (Å²) in [5, 5.41) is 0. The van der Waals surface area contributed by atoms with Crippen LogP contribution in [0, 0.1) is 12.2 Å². The van der Waals surface area contributed by atoms with Gasteiger partial charge in [0.25, 0.3) is 0 Å². The van der Waals surface area contributed by atoms with Crippen molar-refractivity contribution in [2.75, 3.05) is 0 Å². The molecule has 0 aliphatic heterocycles. The van der Waals surface area contributed by atoms with Crippen LogP contribution in [0.15, 0.2) is 36.5 Å². The molecule has 1 rings (SSSR count). The lowest BCUT2D eigenvalue weighted by Crippen LogP contribution is -1.57. The van der Waals surface area contributed by atoms with Crippen molar-refractivity contribution >= 4 is 0 Å². The first-order valence-corrected chi connectivity index (χ1v) is 2.49. The van der Waals surface area contributed by atoms with Gasteiger partial charge in [-0.15, -0.1) is 0 Å². The zero-order valence-corrected chi connectivity index (χ0v) is 4.46. The molecule has 0 saturated heterocycles. The van der Waals surface area contributed by atoms with E-state index in [1.165, 1.54) is 0 Å². The Morgan fingerprint density at radius 2 is 1.12 bits per heavy atom. The van der Waals surface area contributed by atoms with Crippen LogP contribution < -0.4 is 0 Å². The molecule has 0 aromatic heterocycles. The molecule has 0 heteroatoms. The second-order valence-corrected chi connectivity index (χ2v) is 1.39. The summed E-state index contributed by atoms with van der Waals surface area (Å²) < 4.78 is 0. The summed E-state index contributed by atoms with van der Waals surface area (Å²) in [5.41, 5.74) is 0. The van der Waals surface area contributed by atoms with Crippen LogP contribution in [-0.2, 0) is 0 Å². The predicted molar refractivity (Wildman–Crippen MR) is 33.9 cm³/mol. The Morgan fingerprint density at radius 3 is 1.62 bits per heavy atom. The molecule has 0 atom stereocenters. The van der Waals surface area contributed by atoms with Crippen molar-refractivity contribution in [3.63, 3.8) is 0 Å². The van der Waals surface area contributed by atoms with E-state index in [2.05, 4.69) is 12.2 Å². The largest absolute Gasteiger partial charge is 0.0622 e. The molecule has 8 heavy (non-hydrogen) atoms. The van der Waals surface area contributed by atoms with Crippen LogP contribution >= 0.6 is 0 Å². The molecule has 0 aromatic rings. The van der Waals surface area contributed by atoms with Gasteiger partial charge in [-0.3, -0.25) is 0 Å². The zero-order chi connectivity index (χ0) is 5.66. The van der Waals surface area contributed by atoms with E-state index >= 15 is 0 Å². The highest BCUT2D eigenvalue weighted by atomic mass is 13.7. The van der Waals surface area contributed by atoms with Gasteiger partial charge >= 0.3 is 0 Å². The van der Waals surface area contributed by atoms with Crippen LogP contribution in [0.25, 0.3) is 0 Å². The highest BCUT2D eigenvalue weighted by Gasteiger charge is 1.67. The van der Waals surface area contributed by atoms with Crippen molar-refractivity contribution in [1.82, 2.24) is 0 Å². The number of allylic oxidation sites excluding steroid dienone is 8. The van der Waals surface area contributed by atoms with Gasteiger partial charge in [0.2, 0.25) is 0 Å². The Hall–Kier alpha value is -1.04. The van der Waals surface area contributed by atoms with Gasteiger partial charge in [0.05, 0.1) is 0 Å². The summed E-state index contributed by atoms with van der Waals surface area (Å²) >= 11 is 0. The lowest BCUT2D eigenvalue weighted by Gasteiger charge is -1.75. The Labute approximate surface area is 49.5 Å². The molecule has 0 N–H and O–H groups in total. The van der Waals surface area contributed by atoms with Crippen LogP contribution in [-0.4, -0.2) is 0 Å². The molecule has 0 unspecified atom stereocenters. The SMILES string of the molecule is [C]1=[C]\C=C/C=C\C=C/1. The lowest BCUT2D eigenvalue weighted by atomic mass is 10.3. The summed E-state index contributed by atoms with van der Waals surface area (Å²) in [6, 6.07) is 0. The van der Waals surface area contributed by atoms with E-state index in [1.54, 1.807) is 0 Å². The average molecular weight is 102 g/mol. The Balaban J connectivity index is 2.67. The minimum Gasteiger partial charge on any atom is -0.0622 e. The fraction of sp³-hybridized carbons (Fsp3) is 0. The van der Waals surface area contributed by atoms with Gasteiger partial charge in [0, 0.05) is 0 Å². The van der Waals surface area contributed by atoms with Crippen LogP contribution in [0.3, 0.4) is 0 Å². The topological polar surface area (TPSA) is 0 Å². The third-order valence-corrected chi connectivity index (χ3v) is 0.776. The Kier molecular flexibility index (Phi) is 1.93. The van der Waals surface area contributed by atoms with Gasteiger partial charge in [0.1, 0.15) is 0 Å². The number of hydrogen-bond acceptors (Lipinski definition) is 0. The fourth-order valence-electron chi connectivity index (χ4n) is 0.432. The minimum absolute atomic E-state index is 1.82. The lowest BCUT2D eigenvalue weighted by molar-refractivity contribution is 1.72. The van der Waals surface area contributed by atoms with Crippen LogP contribution in [0.2, 0.25) is 0 Å². The highest BCUT2D eigenvalue weighted by Crippen LogP contribution is 1.85. The van der Waals surface area contributed by atoms with E-state index in [1.807, 2.05) is 36.5 Å². The zero-order valence-electron chi connectivity index (χ0n) is 4.46. The monoisotopic (exact) mass is 102 g/mol. The van der Waals surface area contributed by atoms with E-state index in [0.717, 1.165) is 0 Å². The predicted octanol–water partition coefficient (Wildman–Crippen LogP) is 1.83. The molecule has 0 fully saturated rings. The summed E-state index contributed by atoms with van der Waals surface area (Å²) in [6.45, 7) is 0. The normalized spacial score (nSPS) is 32.0. The van der Waals surface area contributed by atoms with Crippen molar-refractivity contribution < 1.29 is 0 Å². The van der Waals surface area contributed by atoms with Crippen molar-refractivity contribution in [3.05, 3.63) is 48.6 Å². The summed E-state index contributed by atoms with van der Waals surface area (Å²) in [7, 11) is 0. The van der Waals surface area contributed by atoms with Gasteiger partial charge in [-0.05, 0) is 12.2 Å². The first-order valence-electron chi connectivity index (χ1n) is 2.49. The van der Waals surface area contributed by atoms with Gasteiger partial charge in [-0.2, -0.15) is 0 Å². The molecule has 0 amide bonds. The van der Waals surface area contributed by atoms with Crippen LogP contribution in [0.4, 0.5) is 0 Å². The highest BCUT2D eigenvalue weighted by molar-refractivity contribution is 5.17. The van der Waals surface area contributed by atoms with Crippen molar-refractivity contribution in [3.8, 4) is 0 Å². The maximum Gasteiger partial charge on any atom is -0.00990 e. The molecular formula is C8H6. The van der Waals surface area contributed by atoms with Crippen LogP contribution in [0.1, 0.15) is 0 Å². The number of hydrogen-bond donors (Lipinski definition) is 0. The molecule has 1 aliphatic rings. The average Bonchev–Trinajstić information content (AvgIpc) is 1.62. The standard InChI is InChI=1S/C8H6/c1-2-4-6-8-7-5-3-1/h1-6H/b2-1-,3-1?,4-2?,5-3-,6-4-,7-5?,8-6?,8-7?. The van der Waals surface area contributed by atoms with E-state index < -0.39 is 0 Å². The van der Waals surface area contributed by atoms with Crippen LogP contribution in [0.5, 0.6) is 0 Å². The second-order valence-electron chi connectivity index (χ2n) is 1.39. The molecule has 0 aromatic carbocycles. The molecule has 0 nitrogen and oxygen atoms in total. The molecule has 0 saturated carbocycles. The molecule has 2 radical (unpaired) electrons. The van der Waals surface area contributed by atoms with Gasteiger partial charge in [0.15, 0.2) is 0 Å². The first-order chi connectivity index (χ1) is 4.00. The third-order valence-electron chi connectivity index (χ3n) is 0.776. The van der Waals surface area contributed by atoms with Crippen molar-refractivity contribution in [1.29, 1.82) is 0 Å². The maximum absolute atomic E-state index is 2.82. The van der Waals surface area contributed by atoms with E-state index in [0.29, 0.717) is 0 Å². The third kappa shape index (κ3) is 1.61. The van der Waals surface area contributed by atoms with E-state index in [-0.39, 0.29) is 0 Å². The van der Waals surface area contributed by atoms with E-state index in [9.17, 15) is 0 Å². The molecule has 1 aliphatic carbocycles. The van der Waals surface area contributed by atoms with Gasteiger partial charge in [-0.25, -0.2) is 0 Å². The smallest absolute Gasteiger partial charge is 0.00990 e. The molecule has 38 valence electrons. The van der Waals surface area contributed by atoms with Crippen molar-refractivity contribution in [2.24, 2.45) is 0 Å². The summed E-state index contributed by atoms with van der Waals surface area (Å²) in [5.74, 6) is 0. The van der Waals surface area contributed by atoms with E-state index in [4.69, 9.17) is 0 Å². The molecule has 0 heterocycles. The Bertz CT molecular complexity index is 101. The van der Waals surface area contributed by atoms with Gasteiger partial charge in [-0.1, -0.05) is 36.5 Å². The van der Waals surface area contributed by atoms with Gasteiger partial charge < -0.3 is 0 Å². The minimum atomic E-state index is 1.82. The molecular weight excluding hydrogens is 96.1 g/mol. The summed E-state index contributed by atoms with van der Waals surface area (Å²) in [6.07, 6.45) is 17.0. The molecule has 0 bridgehead atoms. The number of rotatable bonds is 0. The quantitative estimate of drug-likeness (QED) is 0.437. The Morgan fingerprint density at radius 1 is 0.625 bits per heavy atom. The molecule has 0 spiro atoms. The van der Waals surface area contributed by atoms with Crippen molar-refractivity contribution in [2.45, 2.75) is 0 Å². The first kappa shape index (κ1) is 5.10. The summed E-state index contributed by atoms with van der Waals surface area (Å²) in [4.78, 5) is 0.